The Morgan fingerprint density at radius 3 is 2.85 bits per heavy atom. The molecule has 2 aliphatic heterocycles. The summed E-state index contributed by atoms with van der Waals surface area (Å²) in [7, 11) is 1.47. The van der Waals surface area contributed by atoms with Crippen molar-refractivity contribution in [1.82, 2.24) is 0 Å². The van der Waals surface area contributed by atoms with Gasteiger partial charge in [0, 0.05) is 22.8 Å². The van der Waals surface area contributed by atoms with E-state index in [4.69, 9.17) is 19.9 Å². The lowest BCUT2D eigenvalue weighted by Gasteiger charge is -2.33. The lowest BCUT2D eigenvalue weighted by molar-refractivity contribution is -0.142. The summed E-state index contributed by atoms with van der Waals surface area (Å²) < 4.78 is 16.2. The number of fused-ring (bicyclic) bond motifs is 2. The number of hydrogen-bond donors (Lipinski definition) is 2. The van der Waals surface area contributed by atoms with E-state index < -0.39 is 17.3 Å². The van der Waals surface area contributed by atoms with Crippen LogP contribution in [0.15, 0.2) is 45.5 Å². The summed E-state index contributed by atoms with van der Waals surface area (Å²) in [5, 5.41) is 12.5. The lowest BCUT2D eigenvalue weighted by atomic mass is 9.68. The highest BCUT2D eigenvalue weighted by molar-refractivity contribution is 9.10. The van der Waals surface area contributed by atoms with E-state index in [9.17, 15) is 14.9 Å². The topological polar surface area (TPSA) is 124 Å². The Labute approximate surface area is 163 Å². The van der Waals surface area contributed by atoms with Gasteiger partial charge in [0.25, 0.3) is 0 Å². The van der Waals surface area contributed by atoms with Crippen LogP contribution in [0.25, 0.3) is 0 Å². The number of carbonyl (C=O) groups is 2. The highest BCUT2D eigenvalue weighted by Gasteiger charge is 2.59. The molecule has 3 rings (SSSR count). The van der Waals surface area contributed by atoms with Crippen molar-refractivity contribution in [3.63, 3.8) is 0 Å². The van der Waals surface area contributed by atoms with Gasteiger partial charge in [0.2, 0.25) is 11.8 Å². The second kappa shape index (κ2) is 7.06. The highest BCUT2D eigenvalue weighted by atomic mass is 79.9. The van der Waals surface area contributed by atoms with Crippen molar-refractivity contribution < 1.29 is 23.8 Å². The van der Waals surface area contributed by atoms with Crippen LogP contribution in [0, 0.1) is 11.3 Å². The standard InChI is InChI=1S/C18H16BrN3O5/c1-9-14(16(23)26-6-5-25-2)18(12(8-20)15(21)27-9)11-7-10(19)3-4-13(11)22-17(18)24/h3-4,7H,5-6,21H2,1-2H3,(H,22,24)/t18-/m1/s1. The maximum atomic E-state index is 13.1. The van der Waals surface area contributed by atoms with Crippen LogP contribution in [-0.2, 0) is 29.2 Å². The number of allylic oxidation sites excluding steroid dienone is 1. The Bertz CT molecular complexity index is 947. The Kier molecular flexibility index (Phi) is 4.95. The Morgan fingerprint density at radius 2 is 2.19 bits per heavy atom. The normalized spacial score (nSPS) is 20.9. The second-order valence-electron chi connectivity index (χ2n) is 5.91. The van der Waals surface area contributed by atoms with Gasteiger partial charge in [-0.3, -0.25) is 4.79 Å². The van der Waals surface area contributed by atoms with E-state index in [0.29, 0.717) is 15.7 Å². The van der Waals surface area contributed by atoms with Crippen LogP contribution in [0.4, 0.5) is 5.69 Å². The number of rotatable bonds is 4. The van der Waals surface area contributed by atoms with Crippen molar-refractivity contribution in [1.29, 1.82) is 5.26 Å². The van der Waals surface area contributed by atoms with Crippen LogP contribution < -0.4 is 11.1 Å². The predicted octanol–water partition coefficient (Wildman–Crippen LogP) is 1.83. The molecule has 0 saturated heterocycles. The number of hydrogen-bond acceptors (Lipinski definition) is 7. The first kappa shape index (κ1) is 18.9. The predicted molar refractivity (Wildman–Crippen MR) is 97.9 cm³/mol. The third-order valence-corrected chi connectivity index (χ3v) is 4.92. The number of amides is 1. The van der Waals surface area contributed by atoms with E-state index in [2.05, 4.69) is 21.2 Å². The van der Waals surface area contributed by atoms with Crippen molar-refractivity contribution in [3.8, 4) is 6.07 Å². The minimum atomic E-state index is -1.75. The molecule has 1 spiro atoms. The Morgan fingerprint density at radius 1 is 1.44 bits per heavy atom. The molecule has 1 amide bonds. The van der Waals surface area contributed by atoms with Gasteiger partial charge in [-0.15, -0.1) is 0 Å². The number of ether oxygens (including phenoxy) is 3. The number of nitrogens with two attached hydrogens (primary N) is 1. The molecule has 0 bridgehead atoms. The van der Waals surface area contributed by atoms with E-state index in [-0.39, 0.29) is 36.0 Å². The third-order valence-electron chi connectivity index (χ3n) is 4.42. The molecule has 140 valence electrons. The van der Waals surface area contributed by atoms with Gasteiger partial charge in [-0.25, -0.2) is 4.79 Å². The number of anilines is 1. The van der Waals surface area contributed by atoms with Crippen LogP contribution in [0.2, 0.25) is 0 Å². The van der Waals surface area contributed by atoms with E-state index in [1.54, 1.807) is 18.2 Å². The average Bonchev–Trinajstić information content (AvgIpc) is 2.88. The zero-order chi connectivity index (χ0) is 19.8. The van der Waals surface area contributed by atoms with Crippen LogP contribution in [0.1, 0.15) is 12.5 Å². The minimum Gasteiger partial charge on any atom is -0.460 e. The molecule has 0 saturated carbocycles. The maximum Gasteiger partial charge on any atom is 0.339 e. The number of nitrogens with zero attached hydrogens (tertiary/aromatic N) is 1. The van der Waals surface area contributed by atoms with Gasteiger partial charge in [-0.2, -0.15) is 5.26 Å². The highest BCUT2D eigenvalue weighted by Crippen LogP contribution is 2.52. The van der Waals surface area contributed by atoms with E-state index in [1.807, 2.05) is 6.07 Å². The van der Waals surface area contributed by atoms with Gasteiger partial charge >= 0.3 is 5.97 Å². The summed E-state index contributed by atoms with van der Waals surface area (Å²) in [4.78, 5) is 26.0. The van der Waals surface area contributed by atoms with Gasteiger partial charge in [-0.05, 0) is 25.1 Å². The van der Waals surface area contributed by atoms with Gasteiger partial charge in [-0.1, -0.05) is 15.9 Å². The van der Waals surface area contributed by atoms with Gasteiger partial charge in [0.1, 0.15) is 29.6 Å². The summed E-state index contributed by atoms with van der Waals surface area (Å²) in [5.74, 6) is -1.49. The first-order valence-electron chi connectivity index (χ1n) is 7.95. The smallest absolute Gasteiger partial charge is 0.339 e. The number of nitriles is 1. The molecule has 1 atom stereocenters. The van der Waals surface area contributed by atoms with Crippen molar-refractivity contribution >= 4 is 33.5 Å². The summed E-state index contributed by atoms with van der Waals surface area (Å²) in [6, 6.07) is 7.02. The van der Waals surface area contributed by atoms with Crippen molar-refractivity contribution in [2.75, 3.05) is 25.6 Å². The fraction of sp³-hybridized carbons (Fsp3) is 0.278. The van der Waals surface area contributed by atoms with Gasteiger partial charge < -0.3 is 25.3 Å². The number of carbonyl (C=O) groups excluding carboxylic acids is 2. The summed E-state index contributed by atoms with van der Waals surface area (Å²) in [6.07, 6.45) is 0. The molecule has 2 aliphatic rings. The molecular formula is C18H16BrN3O5. The molecule has 2 heterocycles. The number of esters is 1. The van der Waals surface area contributed by atoms with Crippen molar-refractivity contribution in [2.24, 2.45) is 5.73 Å². The van der Waals surface area contributed by atoms with Crippen LogP contribution >= 0.6 is 15.9 Å². The third kappa shape index (κ3) is 2.78. The molecule has 9 heteroatoms. The molecule has 0 radical (unpaired) electrons. The summed E-state index contributed by atoms with van der Waals surface area (Å²) in [6.45, 7) is 1.67. The fourth-order valence-electron chi connectivity index (χ4n) is 3.34. The number of methoxy groups -OCH3 is 1. The monoisotopic (exact) mass is 433 g/mol. The second-order valence-corrected chi connectivity index (χ2v) is 6.82. The zero-order valence-corrected chi connectivity index (χ0v) is 16.2. The summed E-state index contributed by atoms with van der Waals surface area (Å²) >= 11 is 3.37. The van der Waals surface area contributed by atoms with Crippen molar-refractivity contribution in [2.45, 2.75) is 12.3 Å². The van der Waals surface area contributed by atoms with Crippen molar-refractivity contribution in [3.05, 3.63) is 51.0 Å². The molecule has 27 heavy (non-hydrogen) atoms. The quantitative estimate of drug-likeness (QED) is 0.547. The number of halogens is 1. The zero-order valence-electron chi connectivity index (χ0n) is 14.6. The first-order chi connectivity index (χ1) is 12.9. The molecule has 0 aromatic heterocycles. The number of benzene rings is 1. The summed E-state index contributed by atoms with van der Waals surface area (Å²) in [5.41, 5.74) is 4.81. The molecule has 8 nitrogen and oxygen atoms in total. The molecule has 1 aromatic rings. The minimum absolute atomic E-state index is 0.0176. The van der Waals surface area contributed by atoms with Crippen LogP contribution in [-0.4, -0.2) is 32.2 Å². The average molecular weight is 434 g/mol. The molecule has 3 N–H and O–H groups in total. The Hall–Kier alpha value is -2.83. The van der Waals surface area contributed by atoms with Crippen LogP contribution in [0.5, 0.6) is 0 Å². The van der Waals surface area contributed by atoms with Crippen LogP contribution in [0.3, 0.4) is 0 Å². The maximum absolute atomic E-state index is 13.1. The largest absolute Gasteiger partial charge is 0.460 e. The van der Waals surface area contributed by atoms with E-state index in [0.717, 1.165) is 0 Å². The molecule has 1 aromatic carbocycles. The molecule has 0 fully saturated rings. The molecule has 0 aliphatic carbocycles. The number of nitrogens with one attached hydrogen (secondary N) is 1. The molecule has 0 unspecified atom stereocenters. The van der Waals surface area contributed by atoms with Gasteiger partial charge in [0.15, 0.2) is 5.41 Å². The first-order valence-corrected chi connectivity index (χ1v) is 8.74. The van der Waals surface area contributed by atoms with Gasteiger partial charge in [0.05, 0.1) is 6.61 Å². The molecular weight excluding hydrogens is 418 g/mol. The van der Waals surface area contributed by atoms with E-state index in [1.165, 1.54) is 14.0 Å². The Balaban J connectivity index is 2.26. The SMILES string of the molecule is COCCOC(=O)C1=C(C)OC(N)=C(C#N)[C@@]12C(=O)Nc1ccc(Br)cc12. The lowest BCUT2D eigenvalue weighted by Crippen LogP contribution is -2.45. The van der Waals surface area contributed by atoms with E-state index >= 15 is 0 Å². The fourth-order valence-corrected chi connectivity index (χ4v) is 3.70.